The first-order valence-corrected chi connectivity index (χ1v) is 9.21. The number of piperidine rings is 1. The average Bonchev–Trinajstić information content (AvgIpc) is 3.09. The van der Waals surface area contributed by atoms with Gasteiger partial charge in [0.25, 0.3) is 11.8 Å². The fraction of sp³-hybridized carbons (Fsp3) is 0.471. The van der Waals surface area contributed by atoms with Gasteiger partial charge in [0.15, 0.2) is 0 Å². The lowest BCUT2D eigenvalue weighted by molar-refractivity contribution is -0.142. The largest absolute Gasteiger partial charge is 0.349 e. The van der Waals surface area contributed by atoms with Crippen molar-refractivity contribution in [2.24, 2.45) is 5.92 Å². The molecule has 2 heterocycles. The van der Waals surface area contributed by atoms with Crippen LogP contribution in [0, 0.1) is 5.92 Å². The number of ketones is 2. The minimum Gasteiger partial charge on any atom is -0.349 e. The first kappa shape index (κ1) is 19.8. The van der Waals surface area contributed by atoms with Gasteiger partial charge in [-0.2, -0.15) is 11.3 Å². The Bertz CT molecular complexity index is 714. The summed E-state index contributed by atoms with van der Waals surface area (Å²) < 4.78 is 0. The monoisotopic (exact) mass is 379 g/mol. The molecule has 1 aromatic rings. The molecule has 0 spiro atoms. The quantitative estimate of drug-likeness (QED) is 0.555. The lowest BCUT2D eigenvalue weighted by Crippen LogP contribution is -2.58. The van der Waals surface area contributed by atoms with Crippen molar-refractivity contribution in [1.82, 2.24) is 16.0 Å². The van der Waals surface area contributed by atoms with Crippen LogP contribution in [-0.4, -0.2) is 47.9 Å². The third kappa shape index (κ3) is 4.98. The highest BCUT2D eigenvalue weighted by atomic mass is 32.1. The second-order valence-corrected chi connectivity index (χ2v) is 7.18. The minimum atomic E-state index is -0.980. The van der Waals surface area contributed by atoms with Gasteiger partial charge in [-0.1, -0.05) is 13.8 Å². The zero-order valence-corrected chi connectivity index (χ0v) is 15.4. The highest BCUT2D eigenvalue weighted by Crippen LogP contribution is 2.08. The molecule has 8 nitrogen and oxygen atoms in total. The van der Waals surface area contributed by atoms with E-state index in [0.29, 0.717) is 0 Å². The number of hydrogen-bond acceptors (Lipinski definition) is 6. The predicted molar refractivity (Wildman–Crippen MR) is 94.4 cm³/mol. The SMILES string of the molecule is CC(C)C(NC(=O)C(=O)Cc1ccsc1)C(=O)NC1CCNC(=O)C1=O. The molecule has 1 aliphatic heterocycles. The number of nitrogens with one attached hydrogen (secondary N) is 3. The van der Waals surface area contributed by atoms with E-state index in [-0.39, 0.29) is 25.3 Å². The van der Waals surface area contributed by atoms with E-state index in [1.807, 2.05) is 5.38 Å². The van der Waals surface area contributed by atoms with Crippen molar-refractivity contribution in [1.29, 1.82) is 0 Å². The maximum atomic E-state index is 12.5. The summed E-state index contributed by atoms with van der Waals surface area (Å²) in [7, 11) is 0. The molecule has 1 aromatic heterocycles. The summed E-state index contributed by atoms with van der Waals surface area (Å²) in [6, 6.07) is -0.148. The molecule has 1 aliphatic rings. The molecular weight excluding hydrogens is 358 g/mol. The van der Waals surface area contributed by atoms with Crippen molar-refractivity contribution in [3.63, 3.8) is 0 Å². The van der Waals surface area contributed by atoms with Gasteiger partial charge in [0.2, 0.25) is 17.5 Å². The van der Waals surface area contributed by atoms with Crippen molar-refractivity contribution < 1.29 is 24.0 Å². The third-order valence-electron chi connectivity index (χ3n) is 4.01. The van der Waals surface area contributed by atoms with Crippen molar-refractivity contribution in [2.75, 3.05) is 6.54 Å². The summed E-state index contributed by atoms with van der Waals surface area (Å²) in [5, 5.41) is 10.9. The molecule has 2 unspecified atom stereocenters. The van der Waals surface area contributed by atoms with Crippen LogP contribution < -0.4 is 16.0 Å². The van der Waals surface area contributed by atoms with Gasteiger partial charge in [-0.3, -0.25) is 24.0 Å². The molecule has 9 heteroatoms. The molecule has 140 valence electrons. The Kier molecular flexibility index (Phi) is 6.62. The Hall–Kier alpha value is -2.55. The van der Waals surface area contributed by atoms with Crippen molar-refractivity contribution in [3.05, 3.63) is 22.4 Å². The van der Waals surface area contributed by atoms with Gasteiger partial charge in [0.05, 0.1) is 6.04 Å². The number of carbonyl (C=O) groups is 5. The van der Waals surface area contributed by atoms with E-state index < -0.39 is 41.4 Å². The number of rotatable bonds is 7. The van der Waals surface area contributed by atoms with Crippen molar-refractivity contribution >= 4 is 40.6 Å². The number of hydrogen-bond donors (Lipinski definition) is 3. The lowest BCUT2D eigenvalue weighted by Gasteiger charge is -2.26. The zero-order chi connectivity index (χ0) is 19.3. The van der Waals surface area contributed by atoms with Gasteiger partial charge in [-0.25, -0.2) is 0 Å². The molecule has 2 rings (SSSR count). The Balaban J connectivity index is 1.97. The molecule has 1 fully saturated rings. The van der Waals surface area contributed by atoms with Crippen molar-refractivity contribution in [2.45, 2.75) is 38.8 Å². The fourth-order valence-corrected chi connectivity index (χ4v) is 3.19. The van der Waals surface area contributed by atoms with Gasteiger partial charge >= 0.3 is 0 Å². The van der Waals surface area contributed by atoms with E-state index in [1.165, 1.54) is 11.3 Å². The minimum absolute atomic E-state index is 0.0386. The summed E-state index contributed by atoms with van der Waals surface area (Å²) in [5.74, 6) is -3.84. The normalized spacial score (nSPS) is 18.2. The standard InChI is InChI=1S/C17H21N3O5S/c1-9(2)13(16(24)19-11-3-5-18-17(25)14(11)22)20-15(23)12(21)7-10-4-6-26-8-10/h4,6,8-9,11,13H,3,5,7H2,1-2H3,(H,18,25)(H,19,24)(H,20,23). The summed E-state index contributed by atoms with van der Waals surface area (Å²) in [4.78, 5) is 59.8. The second kappa shape index (κ2) is 8.70. The predicted octanol–water partition coefficient (Wildman–Crippen LogP) is -0.426. The number of Topliss-reactive ketones (excluding diaryl/α,β-unsaturated/α-hetero) is 2. The molecule has 0 aromatic carbocycles. The number of carbonyl (C=O) groups excluding carboxylic acids is 5. The Morgan fingerprint density at radius 3 is 2.65 bits per heavy atom. The van der Waals surface area contributed by atoms with Gasteiger partial charge < -0.3 is 16.0 Å². The molecular formula is C17H21N3O5S. The first-order chi connectivity index (χ1) is 12.3. The van der Waals surface area contributed by atoms with E-state index in [1.54, 1.807) is 25.3 Å². The molecule has 1 saturated heterocycles. The molecule has 2 atom stereocenters. The topological polar surface area (TPSA) is 121 Å². The summed E-state index contributed by atoms with van der Waals surface area (Å²) in [6.45, 7) is 3.71. The van der Waals surface area contributed by atoms with E-state index >= 15 is 0 Å². The van der Waals surface area contributed by atoms with Crippen molar-refractivity contribution in [3.8, 4) is 0 Å². The van der Waals surface area contributed by atoms with E-state index in [0.717, 1.165) is 5.56 Å². The van der Waals surface area contributed by atoms with Crippen LogP contribution in [0.15, 0.2) is 16.8 Å². The van der Waals surface area contributed by atoms with Crippen LogP contribution in [0.1, 0.15) is 25.8 Å². The highest BCUT2D eigenvalue weighted by Gasteiger charge is 2.34. The molecule has 3 amide bonds. The fourth-order valence-electron chi connectivity index (χ4n) is 2.52. The first-order valence-electron chi connectivity index (χ1n) is 8.26. The van der Waals surface area contributed by atoms with Gasteiger partial charge in [0.1, 0.15) is 6.04 Å². The molecule has 3 N–H and O–H groups in total. The Morgan fingerprint density at radius 2 is 2.04 bits per heavy atom. The molecule has 26 heavy (non-hydrogen) atoms. The molecule has 0 saturated carbocycles. The Morgan fingerprint density at radius 1 is 1.31 bits per heavy atom. The summed E-state index contributed by atoms with van der Waals surface area (Å²) in [5.41, 5.74) is 0.736. The van der Waals surface area contributed by atoms with Crippen LogP contribution >= 0.6 is 11.3 Å². The summed E-state index contributed by atoms with van der Waals surface area (Å²) in [6.07, 6.45) is 0.245. The third-order valence-corrected chi connectivity index (χ3v) is 4.74. The van der Waals surface area contributed by atoms with Gasteiger partial charge in [-0.05, 0) is 34.7 Å². The molecule has 0 radical (unpaired) electrons. The van der Waals surface area contributed by atoms with E-state index in [4.69, 9.17) is 0 Å². The molecule has 0 bridgehead atoms. The maximum Gasteiger partial charge on any atom is 0.289 e. The summed E-state index contributed by atoms with van der Waals surface area (Å²) >= 11 is 1.42. The van der Waals surface area contributed by atoms with E-state index in [9.17, 15) is 24.0 Å². The van der Waals surface area contributed by atoms with Crippen LogP contribution in [-0.2, 0) is 30.4 Å². The van der Waals surface area contributed by atoms with Crippen LogP contribution in [0.25, 0.3) is 0 Å². The van der Waals surface area contributed by atoms with Crippen LogP contribution in [0.3, 0.4) is 0 Å². The van der Waals surface area contributed by atoms with Crippen LogP contribution in [0.4, 0.5) is 0 Å². The van der Waals surface area contributed by atoms with Crippen LogP contribution in [0.5, 0.6) is 0 Å². The molecule has 0 aliphatic carbocycles. The zero-order valence-electron chi connectivity index (χ0n) is 14.5. The van der Waals surface area contributed by atoms with Gasteiger partial charge in [0, 0.05) is 13.0 Å². The number of thiophene rings is 1. The lowest BCUT2D eigenvalue weighted by atomic mass is 10.00. The van der Waals surface area contributed by atoms with E-state index in [2.05, 4.69) is 16.0 Å². The average molecular weight is 379 g/mol. The van der Waals surface area contributed by atoms with Crippen LogP contribution in [0.2, 0.25) is 0 Å². The smallest absolute Gasteiger partial charge is 0.289 e. The highest BCUT2D eigenvalue weighted by molar-refractivity contribution is 7.08. The Labute approximate surface area is 154 Å². The maximum absolute atomic E-state index is 12.5. The second-order valence-electron chi connectivity index (χ2n) is 6.40. The van der Waals surface area contributed by atoms with Gasteiger partial charge in [-0.15, -0.1) is 0 Å². The number of amides is 3.